The van der Waals surface area contributed by atoms with Crippen molar-refractivity contribution in [3.8, 4) is 11.5 Å². The third-order valence-corrected chi connectivity index (χ3v) is 2.03. The number of hydrogen-bond donors (Lipinski definition) is 1. The van der Waals surface area contributed by atoms with Crippen molar-refractivity contribution in [3.05, 3.63) is 18.2 Å². The van der Waals surface area contributed by atoms with E-state index in [4.69, 9.17) is 15.2 Å². The lowest BCUT2D eigenvalue weighted by atomic mass is 10.3. The standard InChI is InChI=1S/C10H13NO2/c1-12-10-8(11)3-2-4-9(10)13-7-5-6-7/h2-4,7H,5-6,11H2,1H3. The maximum atomic E-state index is 5.72. The Morgan fingerprint density at radius 1 is 1.38 bits per heavy atom. The van der Waals surface area contributed by atoms with E-state index in [0.29, 0.717) is 17.5 Å². The van der Waals surface area contributed by atoms with Gasteiger partial charge in [-0.3, -0.25) is 0 Å². The zero-order valence-electron chi connectivity index (χ0n) is 7.62. The molecule has 0 bridgehead atoms. The predicted octanol–water partition coefficient (Wildman–Crippen LogP) is 1.82. The van der Waals surface area contributed by atoms with E-state index in [2.05, 4.69) is 0 Å². The van der Waals surface area contributed by atoms with E-state index in [1.807, 2.05) is 12.1 Å². The van der Waals surface area contributed by atoms with E-state index in [1.165, 1.54) is 0 Å². The summed E-state index contributed by atoms with van der Waals surface area (Å²) in [5, 5.41) is 0. The molecule has 0 radical (unpaired) electrons. The molecule has 2 N–H and O–H groups in total. The molecule has 2 rings (SSSR count). The van der Waals surface area contributed by atoms with Gasteiger partial charge in [-0.15, -0.1) is 0 Å². The van der Waals surface area contributed by atoms with Gasteiger partial charge in [0.25, 0.3) is 0 Å². The van der Waals surface area contributed by atoms with Crippen molar-refractivity contribution in [1.82, 2.24) is 0 Å². The molecule has 0 unspecified atom stereocenters. The first-order chi connectivity index (χ1) is 6.31. The van der Waals surface area contributed by atoms with Crippen LogP contribution in [0, 0.1) is 0 Å². The molecular weight excluding hydrogens is 166 g/mol. The van der Waals surface area contributed by atoms with Crippen LogP contribution in [0.15, 0.2) is 18.2 Å². The smallest absolute Gasteiger partial charge is 0.183 e. The van der Waals surface area contributed by atoms with Gasteiger partial charge in [-0.25, -0.2) is 0 Å². The molecule has 0 atom stereocenters. The zero-order chi connectivity index (χ0) is 9.26. The fourth-order valence-electron chi connectivity index (χ4n) is 1.21. The van der Waals surface area contributed by atoms with Crippen molar-refractivity contribution in [2.45, 2.75) is 18.9 Å². The molecular formula is C10H13NO2. The van der Waals surface area contributed by atoms with Gasteiger partial charge in [-0.1, -0.05) is 6.07 Å². The molecule has 1 saturated carbocycles. The number of hydrogen-bond acceptors (Lipinski definition) is 3. The molecule has 3 nitrogen and oxygen atoms in total. The summed E-state index contributed by atoms with van der Waals surface area (Å²) in [6.45, 7) is 0. The van der Waals surface area contributed by atoms with Crippen LogP contribution in [0.1, 0.15) is 12.8 Å². The molecule has 1 aromatic rings. The Morgan fingerprint density at radius 2 is 2.15 bits per heavy atom. The minimum atomic E-state index is 0.371. The van der Waals surface area contributed by atoms with Gasteiger partial charge in [0.05, 0.1) is 18.9 Å². The molecule has 0 aliphatic heterocycles. The average Bonchev–Trinajstić information content (AvgIpc) is 2.89. The van der Waals surface area contributed by atoms with E-state index in [0.717, 1.165) is 18.6 Å². The Hall–Kier alpha value is -1.38. The number of methoxy groups -OCH3 is 1. The van der Waals surface area contributed by atoms with Crippen molar-refractivity contribution < 1.29 is 9.47 Å². The number of rotatable bonds is 3. The molecule has 1 aliphatic rings. The quantitative estimate of drug-likeness (QED) is 0.720. The number of nitrogens with two attached hydrogens (primary N) is 1. The fraction of sp³-hybridized carbons (Fsp3) is 0.400. The third kappa shape index (κ3) is 1.69. The molecule has 0 spiro atoms. The summed E-state index contributed by atoms with van der Waals surface area (Å²) < 4.78 is 10.8. The normalized spacial score (nSPS) is 15.5. The maximum absolute atomic E-state index is 5.72. The van der Waals surface area contributed by atoms with Gasteiger partial charge >= 0.3 is 0 Å². The monoisotopic (exact) mass is 179 g/mol. The molecule has 0 aromatic heterocycles. The summed E-state index contributed by atoms with van der Waals surface area (Å²) in [4.78, 5) is 0. The molecule has 1 fully saturated rings. The van der Waals surface area contributed by atoms with Crippen LogP contribution in [0.5, 0.6) is 11.5 Å². The van der Waals surface area contributed by atoms with Crippen LogP contribution in [0.2, 0.25) is 0 Å². The average molecular weight is 179 g/mol. The topological polar surface area (TPSA) is 44.5 Å². The Labute approximate surface area is 77.5 Å². The van der Waals surface area contributed by atoms with Gasteiger partial charge in [-0.2, -0.15) is 0 Å². The lowest BCUT2D eigenvalue weighted by molar-refractivity contribution is 0.283. The predicted molar refractivity (Wildman–Crippen MR) is 51.1 cm³/mol. The fourth-order valence-corrected chi connectivity index (χ4v) is 1.21. The van der Waals surface area contributed by atoms with Crippen LogP contribution >= 0.6 is 0 Å². The SMILES string of the molecule is COc1c(N)cccc1OC1CC1. The van der Waals surface area contributed by atoms with Crippen LogP contribution in [0.4, 0.5) is 5.69 Å². The van der Waals surface area contributed by atoms with Gasteiger partial charge in [0.2, 0.25) is 0 Å². The first-order valence-corrected chi connectivity index (χ1v) is 4.40. The first kappa shape index (κ1) is 8.23. The summed E-state index contributed by atoms with van der Waals surface area (Å²) in [5.74, 6) is 1.40. The van der Waals surface area contributed by atoms with Crippen LogP contribution in [-0.4, -0.2) is 13.2 Å². The minimum absolute atomic E-state index is 0.371. The molecule has 3 heteroatoms. The van der Waals surface area contributed by atoms with Gasteiger partial charge in [0, 0.05) is 0 Å². The number of ether oxygens (including phenoxy) is 2. The van der Waals surface area contributed by atoms with Crippen molar-refractivity contribution >= 4 is 5.69 Å². The van der Waals surface area contributed by atoms with E-state index in [9.17, 15) is 0 Å². The number of nitrogen functional groups attached to an aromatic ring is 1. The summed E-state index contributed by atoms with van der Waals surface area (Å²) in [6.07, 6.45) is 2.64. The lowest BCUT2D eigenvalue weighted by Gasteiger charge is -2.11. The second-order valence-electron chi connectivity index (χ2n) is 3.20. The van der Waals surface area contributed by atoms with E-state index in [-0.39, 0.29) is 0 Å². The van der Waals surface area contributed by atoms with Crippen LogP contribution in [-0.2, 0) is 0 Å². The molecule has 0 saturated heterocycles. The van der Waals surface area contributed by atoms with Crippen LogP contribution in [0.25, 0.3) is 0 Å². The molecule has 0 amide bonds. The summed E-state index contributed by atoms with van der Waals surface area (Å²) in [5.41, 5.74) is 6.35. The van der Waals surface area contributed by atoms with Crippen LogP contribution in [0.3, 0.4) is 0 Å². The van der Waals surface area contributed by atoms with E-state index >= 15 is 0 Å². The Balaban J connectivity index is 2.25. The van der Waals surface area contributed by atoms with Crippen molar-refractivity contribution in [2.24, 2.45) is 0 Å². The number of anilines is 1. The van der Waals surface area contributed by atoms with Crippen molar-refractivity contribution in [1.29, 1.82) is 0 Å². The third-order valence-electron chi connectivity index (χ3n) is 2.03. The van der Waals surface area contributed by atoms with Crippen molar-refractivity contribution in [2.75, 3.05) is 12.8 Å². The second-order valence-corrected chi connectivity index (χ2v) is 3.20. The van der Waals surface area contributed by atoms with Gasteiger partial charge in [-0.05, 0) is 25.0 Å². The zero-order valence-corrected chi connectivity index (χ0v) is 7.62. The summed E-state index contributed by atoms with van der Waals surface area (Å²) in [6, 6.07) is 5.56. The second kappa shape index (κ2) is 3.17. The highest BCUT2D eigenvalue weighted by Crippen LogP contribution is 2.36. The highest BCUT2D eigenvalue weighted by molar-refractivity contribution is 5.60. The molecule has 1 aliphatic carbocycles. The summed E-state index contributed by atoms with van der Waals surface area (Å²) >= 11 is 0. The number of benzene rings is 1. The Morgan fingerprint density at radius 3 is 2.77 bits per heavy atom. The lowest BCUT2D eigenvalue weighted by Crippen LogP contribution is -2.00. The number of para-hydroxylation sites is 1. The van der Waals surface area contributed by atoms with Crippen molar-refractivity contribution in [3.63, 3.8) is 0 Å². The minimum Gasteiger partial charge on any atom is -0.491 e. The highest BCUT2D eigenvalue weighted by Gasteiger charge is 2.25. The molecule has 70 valence electrons. The Kier molecular flexibility index (Phi) is 2.00. The maximum Gasteiger partial charge on any atom is 0.183 e. The largest absolute Gasteiger partial charge is 0.491 e. The Bertz CT molecular complexity index is 308. The molecule has 13 heavy (non-hydrogen) atoms. The van der Waals surface area contributed by atoms with Crippen LogP contribution < -0.4 is 15.2 Å². The molecule has 0 heterocycles. The van der Waals surface area contributed by atoms with E-state index in [1.54, 1.807) is 13.2 Å². The van der Waals surface area contributed by atoms with Gasteiger partial charge < -0.3 is 15.2 Å². The van der Waals surface area contributed by atoms with E-state index < -0.39 is 0 Å². The molecule has 1 aromatic carbocycles. The van der Waals surface area contributed by atoms with Gasteiger partial charge in [0.1, 0.15) is 0 Å². The van der Waals surface area contributed by atoms with Gasteiger partial charge in [0.15, 0.2) is 11.5 Å². The summed E-state index contributed by atoms with van der Waals surface area (Å²) in [7, 11) is 1.60. The first-order valence-electron chi connectivity index (χ1n) is 4.40. The highest BCUT2D eigenvalue weighted by atomic mass is 16.5.